The molecule has 1 unspecified atom stereocenters. The second kappa shape index (κ2) is 7.86. The monoisotopic (exact) mass is 477 g/mol. The van der Waals surface area contributed by atoms with E-state index in [-0.39, 0.29) is 11.9 Å². The van der Waals surface area contributed by atoms with Gasteiger partial charge in [-0.1, -0.05) is 60.8 Å². The Hall–Kier alpha value is -0.230. The van der Waals surface area contributed by atoms with E-state index in [4.69, 9.17) is 0 Å². The van der Waals surface area contributed by atoms with Crippen LogP contribution in [0.2, 0.25) is 0 Å². The summed E-state index contributed by atoms with van der Waals surface area (Å²) in [6, 6.07) is 11.2. The normalized spacial score (nSPS) is 12.4. The van der Waals surface area contributed by atoms with Crippen LogP contribution in [0.3, 0.4) is 0 Å². The van der Waals surface area contributed by atoms with Crippen molar-refractivity contribution in [1.82, 2.24) is 5.32 Å². The highest BCUT2D eigenvalue weighted by molar-refractivity contribution is 9.11. The maximum atomic E-state index is 13.2. The Morgan fingerprint density at radius 3 is 2.29 bits per heavy atom. The summed E-state index contributed by atoms with van der Waals surface area (Å²) in [6.07, 6.45) is 0.789. The molecular weight excluding hydrogens is 465 g/mol. The molecule has 1 nitrogen and oxygen atoms in total. The van der Waals surface area contributed by atoms with E-state index in [9.17, 15) is 4.39 Å². The van der Waals surface area contributed by atoms with Gasteiger partial charge in [0, 0.05) is 19.5 Å². The van der Waals surface area contributed by atoms with E-state index >= 15 is 0 Å². The molecule has 2 rings (SSSR count). The van der Waals surface area contributed by atoms with Gasteiger partial charge in [-0.3, -0.25) is 0 Å². The predicted octanol–water partition coefficient (Wildman–Crippen LogP) is 6.01. The molecule has 1 N–H and O–H groups in total. The van der Waals surface area contributed by atoms with Crippen LogP contribution in [0, 0.1) is 5.82 Å². The molecule has 0 bridgehead atoms. The van der Waals surface area contributed by atoms with Crippen LogP contribution in [0.5, 0.6) is 0 Å². The lowest BCUT2D eigenvalue weighted by Crippen LogP contribution is -2.23. The lowest BCUT2D eigenvalue weighted by Gasteiger charge is -2.20. The largest absolute Gasteiger partial charge is 0.310 e. The van der Waals surface area contributed by atoms with E-state index < -0.39 is 0 Å². The second-order valence-electron chi connectivity index (χ2n) is 4.75. The fraction of sp³-hybridized carbons (Fsp3) is 0.250. The molecule has 2 aromatic rings. The predicted molar refractivity (Wildman–Crippen MR) is 96.1 cm³/mol. The number of likely N-dealkylation sites (N-methyl/N-ethyl adjacent to an activating group) is 1. The standard InChI is InChI=1S/C16H15Br3FN/c1-2-21-16(11-5-12(17)8-13(18)6-11)7-10-3-4-14(20)9-15(10)19/h3-6,8-9,16,21H,2,7H2,1H3. The molecule has 0 amide bonds. The molecule has 0 aromatic heterocycles. The molecular formula is C16H15Br3FN. The molecule has 0 saturated carbocycles. The van der Waals surface area contributed by atoms with Crippen LogP contribution >= 0.6 is 47.8 Å². The van der Waals surface area contributed by atoms with Gasteiger partial charge in [0.15, 0.2) is 0 Å². The van der Waals surface area contributed by atoms with Crippen LogP contribution in [0.15, 0.2) is 49.8 Å². The Kier molecular flexibility index (Phi) is 6.41. The SMILES string of the molecule is CCNC(Cc1ccc(F)cc1Br)c1cc(Br)cc(Br)c1. The number of nitrogens with one attached hydrogen (secondary N) is 1. The maximum absolute atomic E-state index is 13.2. The second-order valence-corrected chi connectivity index (χ2v) is 7.44. The van der Waals surface area contributed by atoms with Crippen LogP contribution in [-0.4, -0.2) is 6.54 Å². The molecule has 0 saturated heterocycles. The van der Waals surface area contributed by atoms with Crippen molar-refractivity contribution < 1.29 is 4.39 Å². The van der Waals surface area contributed by atoms with Gasteiger partial charge in [0.05, 0.1) is 0 Å². The Morgan fingerprint density at radius 2 is 1.71 bits per heavy atom. The van der Waals surface area contributed by atoms with Crippen molar-refractivity contribution in [2.75, 3.05) is 6.54 Å². The Balaban J connectivity index is 2.30. The van der Waals surface area contributed by atoms with Gasteiger partial charge in [-0.05, 0) is 54.4 Å². The van der Waals surface area contributed by atoms with Crippen molar-refractivity contribution in [3.63, 3.8) is 0 Å². The summed E-state index contributed by atoms with van der Waals surface area (Å²) in [5.74, 6) is -0.226. The quantitative estimate of drug-likeness (QED) is 0.554. The van der Waals surface area contributed by atoms with E-state index in [1.54, 1.807) is 0 Å². The summed E-state index contributed by atoms with van der Waals surface area (Å²) < 4.78 is 16.1. The summed E-state index contributed by atoms with van der Waals surface area (Å²) in [6.45, 7) is 2.95. The van der Waals surface area contributed by atoms with Crippen LogP contribution < -0.4 is 5.32 Å². The van der Waals surface area contributed by atoms with Crippen molar-refractivity contribution in [1.29, 1.82) is 0 Å². The summed E-state index contributed by atoms with van der Waals surface area (Å²) in [5, 5.41) is 3.49. The first kappa shape index (κ1) is 17.1. The Morgan fingerprint density at radius 1 is 1.05 bits per heavy atom. The molecule has 0 fully saturated rings. The minimum atomic E-state index is -0.226. The highest BCUT2D eigenvalue weighted by Crippen LogP contribution is 2.28. The fourth-order valence-electron chi connectivity index (χ4n) is 2.24. The van der Waals surface area contributed by atoms with Gasteiger partial charge < -0.3 is 5.32 Å². The van der Waals surface area contributed by atoms with Crippen molar-refractivity contribution in [3.05, 3.63) is 66.8 Å². The van der Waals surface area contributed by atoms with Crippen molar-refractivity contribution >= 4 is 47.8 Å². The lowest BCUT2D eigenvalue weighted by molar-refractivity contribution is 0.547. The van der Waals surface area contributed by atoms with E-state index in [0.717, 1.165) is 31.9 Å². The van der Waals surface area contributed by atoms with Gasteiger partial charge in [-0.25, -0.2) is 4.39 Å². The van der Waals surface area contributed by atoms with Gasteiger partial charge in [0.1, 0.15) is 5.82 Å². The van der Waals surface area contributed by atoms with Gasteiger partial charge in [-0.15, -0.1) is 0 Å². The van der Waals surface area contributed by atoms with Crippen LogP contribution in [0.1, 0.15) is 24.1 Å². The molecule has 0 radical (unpaired) electrons. The summed E-state index contributed by atoms with van der Waals surface area (Å²) in [5.41, 5.74) is 2.27. The average molecular weight is 480 g/mol. The minimum absolute atomic E-state index is 0.172. The zero-order chi connectivity index (χ0) is 15.4. The molecule has 0 spiro atoms. The first-order valence-corrected chi connectivity index (χ1v) is 9.00. The minimum Gasteiger partial charge on any atom is -0.310 e. The van der Waals surface area contributed by atoms with Crippen molar-refractivity contribution in [2.45, 2.75) is 19.4 Å². The topological polar surface area (TPSA) is 12.0 Å². The Labute approximate surface area is 149 Å². The van der Waals surface area contributed by atoms with Crippen molar-refractivity contribution in [2.24, 2.45) is 0 Å². The molecule has 0 aliphatic carbocycles. The zero-order valence-electron chi connectivity index (χ0n) is 11.5. The van der Waals surface area contributed by atoms with Gasteiger partial charge in [-0.2, -0.15) is 0 Å². The maximum Gasteiger partial charge on any atom is 0.124 e. The molecule has 0 aliphatic rings. The molecule has 2 aromatic carbocycles. The van der Waals surface area contributed by atoms with E-state index in [1.165, 1.54) is 17.7 Å². The summed E-state index contributed by atoms with van der Waals surface area (Å²) in [4.78, 5) is 0. The number of hydrogen-bond acceptors (Lipinski definition) is 1. The van der Waals surface area contributed by atoms with Crippen LogP contribution in [-0.2, 0) is 6.42 Å². The van der Waals surface area contributed by atoms with Gasteiger partial charge in [0.2, 0.25) is 0 Å². The third kappa shape index (κ3) is 4.88. The Bertz CT molecular complexity index is 611. The first-order chi connectivity index (χ1) is 9.99. The van der Waals surface area contributed by atoms with Gasteiger partial charge >= 0.3 is 0 Å². The molecule has 112 valence electrons. The summed E-state index contributed by atoms with van der Waals surface area (Å²) in [7, 11) is 0. The van der Waals surface area contributed by atoms with E-state index in [1.807, 2.05) is 12.1 Å². The molecule has 0 heterocycles. The first-order valence-electron chi connectivity index (χ1n) is 6.63. The third-order valence-electron chi connectivity index (χ3n) is 3.18. The van der Waals surface area contributed by atoms with Crippen molar-refractivity contribution in [3.8, 4) is 0 Å². The molecule has 0 aliphatic heterocycles. The van der Waals surface area contributed by atoms with Crippen LogP contribution in [0.4, 0.5) is 4.39 Å². The molecule has 1 atom stereocenters. The number of benzene rings is 2. The third-order valence-corrected chi connectivity index (χ3v) is 4.83. The summed E-state index contributed by atoms with van der Waals surface area (Å²) >= 11 is 10.5. The highest BCUT2D eigenvalue weighted by atomic mass is 79.9. The lowest BCUT2D eigenvalue weighted by atomic mass is 9.99. The molecule has 21 heavy (non-hydrogen) atoms. The highest BCUT2D eigenvalue weighted by Gasteiger charge is 2.14. The molecule has 5 heteroatoms. The average Bonchev–Trinajstić information content (AvgIpc) is 2.40. The smallest absolute Gasteiger partial charge is 0.124 e. The van der Waals surface area contributed by atoms with Crippen LogP contribution in [0.25, 0.3) is 0 Å². The zero-order valence-corrected chi connectivity index (χ0v) is 16.2. The number of rotatable bonds is 5. The van der Waals surface area contributed by atoms with E-state index in [0.29, 0.717) is 0 Å². The van der Waals surface area contributed by atoms with Gasteiger partial charge in [0.25, 0.3) is 0 Å². The number of halogens is 4. The number of hydrogen-bond donors (Lipinski definition) is 1. The fourth-order valence-corrected chi connectivity index (χ4v) is 4.08. The van der Waals surface area contributed by atoms with E-state index in [2.05, 4.69) is 72.2 Å².